The fraction of sp³-hybridized carbons (Fsp3) is 0.500. The van der Waals surface area contributed by atoms with Crippen molar-refractivity contribution in [2.24, 2.45) is 5.92 Å². The van der Waals surface area contributed by atoms with Crippen molar-refractivity contribution in [3.05, 3.63) is 30.2 Å². The van der Waals surface area contributed by atoms with Crippen LogP contribution >= 0.6 is 0 Å². The summed E-state index contributed by atoms with van der Waals surface area (Å²) in [5.74, 6) is 2.63. The molecule has 24 heavy (non-hydrogen) atoms. The molecule has 6 nitrogen and oxygen atoms in total. The van der Waals surface area contributed by atoms with Crippen LogP contribution in [-0.2, 0) is 11.2 Å². The SMILES string of the molecule is CCc1nc(-c2ccc(OC3CCN(C(=O)C4CC4)C3)cc2)no1. The Morgan fingerprint density at radius 1 is 1.29 bits per heavy atom. The lowest BCUT2D eigenvalue weighted by Crippen LogP contribution is -2.31. The van der Waals surface area contributed by atoms with Gasteiger partial charge in [-0.2, -0.15) is 4.98 Å². The molecule has 1 aromatic heterocycles. The second-order valence-electron chi connectivity index (χ2n) is 6.48. The van der Waals surface area contributed by atoms with Gasteiger partial charge in [0.05, 0.1) is 6.54 Å². The van der Waals surface area contributed by atoms with Crippen LogP contribution in [0.25, 0.3) is 11.4 Å². The maximum atomic E-state index is 12.1. The minimum atomic E-state index is 0.0791. The van der Waals surface area contributed by atoms with Crippen molar-refractivity contribution in [1.29, 1.82) is 0 Å². The van der Waals surface area contributed by atoms with Gasteiger partial charge in [0.15, 0.2) is 0 Å². The lowest BCUT2D eigenvalue weighted by atomic mass is 10.2. The summed E-state index contributed by atoms with van der Waals surface area (Å²) >= 11 is 0. The van der Waals surface area contributed by atoms with Gasteiger partial charge < -0.3 is 14.2 Å². The predicted octanol–water partition coefficient (Wildman–Crippen LogP) is 2.69. The van der Waals surface area contributed by atoms with E-state index in [-0.39, 0.29) is 12.0 Å². The van der Waals surface area contributed by atoms with Gasteiger partial charge in [-0.15, -0.1) is 0 Å². The number of carbonyl (C=O) groups is 1. The zero-order chi connectivity index (χ0) is 16.5. The average molecular weight is 327 g/mol. The molecule has 1 atom stereocenters. The van der Waals surface area contributed by atoms with Gasteiger partial charge in [-0.1, -0.05) is 12.1 Å². The van der Waals surface area contributed by atoms with E-state index in [1.54, 1.807) is 0 Å². The Balaban J connectivity index is 1.36. The number of carbonyl (C=O) groups excluding carboxylic acids is 1. The van der Waals surface area contributed by atoms with Crippen LogP contribution in [0.5, 0.6) is 5.75 Å². The molecule has 1 saturated heterocycles. The lowest BCUT2D eigenvalue weighted by molar-refractivity contribution is -0.131. The zero-order valence-electron chi connectivity index (χ0n) is 13.8. The summed E-state index contributed by atoms with van der Waals surface area (Å²) in [6.07, 6.45) is 3.81. The van der Waals surface area contributed by atoms with E-state index in [2.05, 4.69) is 10.1 Å². The fourth-order valence-electron chi connectivity index (χ4n) is 3.00. The van der Waals surface area contributed by atoms with Crippen molar-refractivity contribution in [1.82, 2.24) is 15.0 Å². The number of rotatable bonds is 5. The number of ether oxygens (including phenoxy) is 1. The predicted molar refractivity (Wildman–Crippen MR) is 87.4 cm³/mol. The monoisotopic (exact) mass is 327 g/mol. The first-order valence-electron chi connectivity index (χ1n) is 8.61. The molecule has 6 heteroatoms. The summed E-state index contributed by atoms with van der Waals surface area (Å²) in [7, 11) is 0. The van der Waals surface area contributed by atoms with Crippen LogP contribution in [0.3, 0.4) is 0 Å². The maximum Gasteiger partial charge on any atom is 0.226 e. The molecular weight excluding hydrogens is 306 g/mol. The molecule has 4 rings (SSSR count). The third-order valence-electron chi connectivity index (χ3n) is 4.57. The first kappa shape index (κ1) is 15.2. The first-order chi connectivity index (χ1) is 11.7. The summed E-state index contributed by atoms with van der Waals surface area (Å²) in [5, 5.41) is 3.97. The molecule has 1 saturated carbocycles. The standard InChI is InChI=1S/C18H21N3O3/c1-2-16-19-17(20-24-16)12-5-7-14(8-6-12)23-15-9-10-21(11-15)18(22)13-3-4-13/h5-8,13,15H,2-4,9-11H2,1H3. The van der Waals surface area contributed by atoms with E-state index in [1.165, 1.54) is 0 Å². The molecule has 0 N–H and O–H groups in total. The number of likely N-dealkylation sites (tertiary alicyclic amines) is 1. The van der Waals surface area contributed by atoms with Gasteiger partial charge in [0.25, 0.3) is 0 Å². The third-order valence-corrected chi connectivity index (χ3v) is 4.57. The molecule has 2 aliphatic rings. The smallest absolute Gasteiger partial charge is 0.226 e. The van der Waals surface area contributed by atoms with Crippen LogP contribution in [0.2, 0.25) is 0 Å². The number of nitrogens with zero attached hydrogens (tertiary/aromatic N) is 3. The van der Waals surface area contributed by atoms with Gasteiger partial charge in [-0.3, -0.25) is 4.79 Å². The summed E-state index contributed by atoms with van der Waals surface area (Å²) < 4.78 is 11.1. The topological polar surface area (TPSA) is 68.5 Å². The zero-order valence-corrected chi connectivity index (χ0v) is 13.8. The Kier molecular flexibility index (Phi) is 3.96. The Morgan fingerprint density at radius 2 is 2.08 bits per heavy atom. The summed E-state index contributed by atoms with van der Waals surface area (Å²) in [6, 6.07) is 7.70. The van der Waals surface area contributed by atoms with E-state index in [1.807, 2.05) is 36.1 Å². The summed E-state index contributed by atoms with van der Waals surface area (Å²) in [5.41, 5.74) is 0.905. The van der Waals surface area contributed by atoms with Gasteiger partial charge in [0, 0.05) is 30.9 Å². The first-order valence-corrected chi connectivity index (χ1v) is 8.61. The quantitative estimate of drug-likeness (QED) is 0.844. The largest absolute Gasteiger partial charge is 0.489 e. The molecule has 1 aliphatic carbocycles. The molecule has 126 valence electrons. The van der Waals surface area contributed by atoms with Crippen molar-refractivity contribution in [3.63, 3.8) is 0 Å². The van der Waals surface area contributed by atoms with E-state index >= 15 is 0 Å². The van der Waals surface area contributed by atoms with Crippen molar-refractivity contribution < 1.29 is 14.1 Å². The molecule has 2 fully saturated rings. The van der Waals surface area contributed by atoms with E-state index in [9.17, 15) is 4.79 Å². The van der Waals surface area contributed by atoms with Crippen LogP contribution in [0.15, 0.2) is 28.8 Å². The summed E-state index contributed by atoms with van der Waals surface area (Å²) in [6.45, 7) is 3.48. The Labute approximate surface area is 140 Å². The Morgan fingerprint density at radius 3 is 2.75 bits per heavy atom. The number of benzene rings is 1. The van der Waals surface area contributed by atoms with Crippen molar-refractivity contribution in [2.75, 3.05) is 13.1 Å². The highest BCUT2D eigenvalue weighted by atomic mass is 16.5. The van der Waals surface area contributed by atoms with Crippen LogP contribution in [0.1, 0.15) is 32.1 Å². The molecule has 0 bridgehead atoms. The highest BCUT2D eigenvalue weighted by molar-refractivity contribution is 5.81. The lowest BCUT2D eigenvalue weighted by Gasteiger charge is -2.17. The number of aromatic nitrogens is 2. The highest BCUT2D eigenvalue weighted by Crippen LogP contribution is 2.32. The van der Waals surface area contributed by atoms with Crippen LogP contribution in [0, 0.1) is 5.92 Å². The minimum absolute atomic E-state index is 0.0791. The third kappa shape index (κ3) is 3.13. The van der Waals surface area contributed by atoms with Crippen molar-refractivity contribution >= 4 is 5.91 Å². The van der Waals surface area contributed by atoms with Crippen molar-refractivity contribution in [2.45, 2.75) is 38.7 Å². The maximum absolute atomic E-state index is 12.1. The minimum Gasteiger partial charge on any atom is -0.489 e. The average Bonchev–Trinajstić information content (AvgIpc) is 3.17. The molecule has 2 aromatic rings. The molecule has 0 spiro atoms. The van der Waals surface area contributed by atoms with E-state index in [0.29, 0.717) is 24.2 Å². The molecule has 1 amide bonds. The molecule has 1 aromatic carbocycles. The van der Waals surface area contributed by atoms with Gasteiger partial charge in [0.1, 0.15) is 11.9 Å². The van der Waals surface area contributed by atoms with Crippen LogP contribution < -0.4 is 4.74 Å². The van der Waals surface area contributed by atoms with E-state index in [0.717, 1.165) is 43.5 Å². The fourth-order valence-corrected chi connectivity index (χ4v) is 3.00. The van der Waals surface area contributed by atoms with E-state index in [4.69, 9.17) is 9.26 Å². The molecule has 1 aliphatic heterocycles. The summed E-state index contributed by atoms with van der Waals surface area (Å²) in [4.78, 5) is 18.3. The number of amides is 1. The Hall–Kier alpha value is -2.37. The number of aryl methyl sites for hydroxylation is 1. The van der Waals surface area contributed by atoms with Gasteiger partial charge in [0.2, 0.25) is 17.6 Å². The normalized spacial score (nSPS) is 20.4. The van der Waals surface area contributed by atoms with E-state index < -0.39 is 0 Å². The number of hydrogen-bond acceptors (Lipinski definition) is 5. The molecular formula is C18H21N3O3. The van der Waals surface area contributed by atoms with Crippen LogP contribution in [-0.4, -0.2) is 40.1 Å². The van der Waals surface area contributed by atoms with Gasteiger partial charge in [-0.05, 0) is 37.1 Å². The molecule has 1 unspecified atom stereocenters. The van der Waals surface area contributed by atoms with Gasteiger partial charge in [-0.25, -0.2) is 0 Å². The number of hydrogen-bond donors (Lipinski definition) is 0. The second-order valence-corrected chi connectivity index (χ2v) is 6.48. The molecule has 0 radical (unpaired) electrons. The molecule has 2 heterocycles. The second kappa shape index (κ2) is 6.26. The Bertz CT molecular complexity index is 721. The van der Waals surface area contributed by atoms with Gasteiger partial charge >= 0.3 is 0 Å². The van der Waals surface area contributed by atoms with Crippen LogP contribution in [0.4, 0.5) is 0 Å². The van der Waals surface area contributed by atoms with Crippen molar-refractivity contribution in [3.8, 4) is 17.1 Å². The highest BCUT2D eigenvalue weighted by Gasteiger charge is 2.37.